The Morgan fingerprint density at radius 3 is 2.95 bits per heavy atom. The number of aliphatic hydroxyl groups is 1. The van der Waals surface area contributed by atoms with Crippen molar-refractivity contribution < 1.29 is 9.90 Å². The second-order valence-electron chi connectivity index (χ2n) is 5.15. The number of nitrogens with zero attached hydrogens (tertiary/aromatic N) is 1. The number of rotatable bonds is 5. The lowest BCUT2D eigenvalue weighted by Crippen LogP contribution is -2.31. The standard InChI is InChI=1S/C15H20ClN3O2.ClH/c1-10(20)18-9-13(21)6-11-7-14(16)15(19-8-11)12-2-4-17-5-3-12;/h2,7-8,13,17,21H,3-6,9H2,1H3,(H,18,20);1H/t13-;/m1./s1. The average molecular weight is 346 g/mol. The molecule has 0 radical (unpaired) electrons. The molecule has 0 saturated carbocycles. The number of hydrogen-bond donors (Lipinski definition) is 3. The molecule has 1 aliphatic heterocycles. The van der Waals surface area contributed by atoms with Crippen molar-refractivity contribution in [3.05, 3.63) is 34.6 Å². The molecule has 0 aromatic carbocycles. The highest BCUT2D eigenvalue weighted by molar-refractivity contribution is 6.32. The van der Waals surface area contributed by atoms with Crippen molar-refractivity contribution in [1.29, 1.82) is 0 Å². The number of halogens is 2. The summed E-state index contributed by atoms with van der Waals surface area (Å²) in [6, 6.07) is 1.84. The Morgan fingerprint density at radius 1 is 1.59 bits per heavy atom. The van der Waals surface area contributed by atoms with E-state index in [1.54, 1.807) is 6.20 Å². The maximum Gasteiger partial charge on any atom is 0.216 e. The van der Waals surface area contributed by atoms with E-state index in [1.165, 1.54) is 6.92 Å². The summed E-state index contributed by atoms with van der Waals surface area (Å²) in [5.74, 6) is -0.154. The van der Waals surface area contributed by atoms with Gasteiger partial charge in [0.05, 0.1) is 16.8 Å². The van der Waals surface area contributed by atoms with Crippen LogP contribution < -0.4 is 10.6 Å². The zero-order valence-electron chi connectivity index (χ0n) is 12.4. The molecule has 1 aliphatic rings. The topological polar surface area (TPSA) is 74.2 Å². The zero-order valence-corrected chi connectivity index (χ0v) is 14.0. The van der Waals surface area contributed by atoms with Gasteiger partial charge in [-0.2, -0.15) is 0 Å². The van der Waals surface area contributed by atoms with Crippen molar-refractivity contribution in [2.24, 2.45) is 0 Å². The van der Waals surface area contributed by atoms with Crippen molar-refractivity contribution in [2.45, 2.75) is 25.9 Å². The normalized spacial score (nSPS) is 15.5. The van der Waals surface area contributed by atoms with Crippen LogP contribution in [0.4, 0.5) is 0 Å². The van der Waals surface area contributed by atoms with E-state index in [1.807, 2.05) is 6.07 Å². The van der Waals surface area contributed by atoms with Gasteiger partial charge < -0.3 is 15.7 Å². The van der Waals surface area contributed by atoms with Gasteiger partial charge in [-0.15, -0.1) is 12.4 Å². The van der Waals surface area contributed by atoms with Crippen LogP contribution >= 0.6 is 24.0 Å². The molecule has 122 valence electrons. The molecule has 0 saturated heterocycles. The van der Waals surface area contributed by atoms with E-state index in [2.05, 4.69) is 21.7 Å². The summed E-state index contributed by atoms with van der Waals surface area (Å²) < 4.78 is 0. The lowest BCUT2D eigenvalue weighted by molar-refractivity contribution is -0.119. The van der Waals surface area contributed by atoms with Gasteiger partial charge in [0.2, 0.25) is 5.91 Å². The lowest BCUT2D eigenvalue weighted by atomic mass is 10.0. The number of amides is 1. The Bertz CT molecular complexity index is 550. The molecule has 1 aromatic rings. The van der Waals surface area contributed by atoms with Crippen LogP contribution in [0.5, 0.6) is 0 Å². The van der Waals surface area contributed by atoms with Crippen molar-refractivity contribution in [2.75, 3.05) is 19.6 Å². The van der Waals surface area contributed by atoms with E-state index in [4.69, 9.17) is 11.6 Å². The van der Waals surface area contributed by atoms with Crippen molar-refractivity contribution in [1.82, 2.24) is 15.6 Å². The molecule has 0 bridgehead atoms. The lowest BCUT2D eigenvalue weighted by Gasteiger charge is -2.16. The summed E-state index contributed by atoms with van der Waals surface area (Å²) >= 11 is 6.30. The number of carbonyl (C=O) groups is 1. The summed E-state index contributed by atoms with van der Waals surface area (Å²) in [5, 5.41) is 16.3. The Kier molecular flexibility index (Phi) is 7.82. The fourth-order valence-electron chi connectivity index (χ4n) is 2.27. The highest BCUT2D eigenvalue weighted by atomic mass is 35.5. The highest BCUT2D eigenvalue weighted by Crippen LogP contribution is 2.26. The molecule has 22 heavy (non-hydrogen) atoms. The number of aliphatic hydroxyl groups excluding tert-OH is 1. The van der Waals surface area contributed by atoms with E-state index in [9.17, 15) is 9.90 Å². The molecule has 1 atom stereocenters. The maximum absolute atomic E-state index is 10.8. The first-order valence-corrected chi connectivity index (χ1v) is 7.41. The van der Waals surface area contributed by atoms with E-state index in [0.717, 1.165) is 36.3 Å². The molecule has 0 unspecified atom stereocenters. The fourth-order valence-corrected chi connectivity index (χ4v) is 2.58. The monoisotopic (exact) mass is 345 g/mol. The molecule has 2 rings (SSSR count). The minimum atomic E-state index is -0.643. The third kappa shape index (κ3) is 5.57. The number of hydrogen-bond acceptors (Lipinski definition) is 4. The number of nitrogens with one attached hydrogen (secondary N) is 2. The SMILES string of the molecule is CC(=O)NC[C@H](O)Cc1cnc(C2=CCNCC2)c(Cl)c1.Cl. The largest absolute Gasteiger partial charge is 0.391 e. The van der Waals surface area contributed by atoms with Crippen molar-refractivity contribution in [3.8, 4) is 0 Å². The predicted octanol–water partition coefficient (Wildman–Crippen LogP) is 1.57. The molecular weight excluding hydrogens is 325 g/mol. The van der Waals surface area contributed by atoms with Gasteiger partial charge in [0.1, 0.15) is 0 Å². The van der Waals surface area contributed by atoms with Crippen LogP contribution in [0.2, 0.25) is 5.02 Å². The second kappa shape index (κ2) is 9.10. The van der Waals surface area contributed by atoms with Gasteiger partial charge in [0.25, 0.3) is 0 Å². The summed E-state index contributed by atoms with van der Waals surface area (Å²) in [6.45, 7) is 3.42. The quantitative estimate of drug-likeness (QED) is 0.757. The minimum absolute atomic E-state index is 0. The van der Waals surface area contributed by atoms with Gasteiger partial charge in [0.15, 0.2) is 0 Å². The molecule has 2 heterocycles. The number of carbonyl (C=O) groups excluding carboxylic acids is 1. The molecule has 5 nitrogen and oxygen atoms in total. The third-order valence-corrected chi connectivity index (χ3v) is 3.61. The van der Waals surface area contributed by atoms with Crippen molar-refractivity contribution >= 4 is 35.5 Å². The molecule has 1 aromatic heterocycles. The van der Waals surface area contributed by atoms with Gasteiger partial charge in [-0.25, -0.2) is 0 Å². The van der Waals surface area contributed by atoms with E-state index < -0.39 is 6.10 Å². The first-order valence-electron chi connectivity index (χ1n) is 7.03. The van der Waals surface area contributed by atoms with Gasteiger partial charge >= 0.3 is 0 Å². The first kappa shape index (κ1) is 18.9. The summed E-state index contributed by atoms with van der Waals surface area (Å²) in [7, 11) is 0. The van der Waals surface area contributed by atoms with Crippen LogP contribution in [-0.2, 0) is 11.2 Å². The highest BCUT2D eigenvalue weighted by Gasteiger charge is 2.13. The summed E-state index contributed by atoms with van der Waals surface area (Å²) in [4.78, 5) is 15.2. The second-order valence-corrected chi connectivity index (χ2v) is 5.56. The zero-order chi connectivity index (χ0) is 15.2. The minimum Gasteiger partial charge on any atom is -0.391 e. The van der Waals surface area contributed by atoms with Gasteiger partial charge in [-0.1, -0.05) is 17.7 Å². The number of aromatic nitrogens is 1. The summed E-state index contributed by atoms with van der Waals surface area (Å²) in [5.41, 5.74) is 2.83. The Balaban J connectivity index is 0.00000242. The van der Waals surface area contributed by atoms with Crippen LogP contribution in [0.15, 0.2) is 18.3 Å². The van der Waals surface area contributed by atoms with Gasteiger partial charge in [-0.3, -0.25) is 9.78 Å². The molecule has 0 fully saturated rings. The van der Waals surface area contributed by atoms with Crippen LogP contribution in [0, 0.1) is 0 Å². The average Bonchev–Trinajstić information content (AvgIpc) is 2.46. The Labute approximate surface area is 141 Å². The number of pyridine rings is 1. The van der Waals surface area contributed by atoms with E-state index in [0.29, 0.717) is 11.4 Å². The fraction of sp³-hybridized carbons (Fsp3) is 0.467. The third-order valence-electron chi connectivity index (χ3n) is 3.32. The van der Waals surface area contributed by atoms with Gasteiger partial charge in [0, 0.05) is 32.6 Å². The van der Waals surface area contributed by atoms with Crippen molar-refractivity contribution in [3.63, 3.8) is 0 Å². The van der Waals surface area contributed by atoms with Crippen LogP contribution in [0.3, 0.4) is 0 Å². The molecule has 0 spiro atoms. The first-order chi connectivity index (χ1) is 10.1. The molecular formula is C15H21Cl2N3O2. The Hall–Kier alpha value is -1.14. The van der Waals surface area contributed by atoms with Crippen LogP contribution in [0.1, 0.15) is 24.6 Å². The van der Waals surface area contributed by atoms with Gasteiger partial charge in [-0.05, 0) is 30.2 Å². The summed E-state index contributed by atoms with van der Waals surface area (Å²) in [6.07, 6.45) is 4.52. The molecule has 7 heteroatoms. The Morgan fingerprint density at radius 2 is 2.36 bits per heavy atom. The predicted molar refractivity (Wildman–Crippen MR) is 90.4 cm³/mol. The van der Waals surface area contributed by atoms with Crippen LogP contribution in [-0.4, -0.2) is 41.7 Å². The molecule has 3 N–H and O–H groups in total. The molecule has 0 aliphatic carbocycles. The molecule has 1 amide bonds. The maximum atomic E-state index is 10.8. The van der Waals surface area contributed by atoms with Crippen LogP contribution in [0.25, 0.3) is 5.57 Å². The smallest absolute Gasteiger partial charge is 0.216 e. The van der Waals surface area contributed by atoms with E-state index in [-0.39, 0.29) is 24.9 Å². The van der Waals surface area contributed by atoms with E-state index >= 15 is 0 Å².